The van der Waals surface area contributed by atoms with Gasteiger partial charge in [0.15, 0.2) is 0 Å². The molecule has 7 heteroatoms. The van der Waals surface area contributed by atoms with Crippen LogP contribution in [0.3, 0.4) is 0 Å². The molecule has 0 spiro atoms. The van der Waals surface area contributed by atoms with Crippen LogP contribution in [0.15, 0.2) is 121 Å². The number of nitrogens with zero attached hydrogens (tertiary/aromatic N) is 4. The summed E-state index contributed by atoms with van der Waals surface area (Å²) in [6.07, 6.45) is 8.63. The predicted octanol–water partition coefficient (Wildman–Crippen LogP) is 20.3. The Hall–Kier alpha value is -6.34. The molecule has 81 heavy (non-hydrogen) atoms. The van der Waals surface area contributed by atoms with Crippen molar-refractivity contribution in [3.8, 4) is 67.4 Å². The first-order chi connectivity index (χ1) is 37.8. The third kappa shape index (κ3) is 12.0. The van der Waals surface area contributed by atoms with Crippen LogP contribution in [0, 0.1) is 22.9 Å². The fraction of sp³-hybridized carbons (Fsp3) is 0.351. The zero-order chi connectivity index (χ0) is 57.6. The van der Waals surface area contributed by atoms with E-state index in [0.717, 1.165) is 100 Å². The first kappa shape index (κ1) is 60.7. The molecule has 0 saturated heterocycles. The minimum absolute atomic E-state index is 0. The van der Waals surface area contributed by atoms with Crippen LogP contribution in [0.1, 0.15) is 170 Å². The Morgan fingerprint density at radius 1 is 0.333 bits per heavy atom. The maximum absolute atomic E-state index is 5.63. The largest absolute Gasteiger partial charge is 2.00 e. The molecule has 8 bridgehead atoms. The molecule has 0 fully saturated rings. The average Bonchev–Trinajstić information content (AvgIpc) is 4.27. The van der Waals surface area contributed by atoms with Crippen molar-refractivity contribution < 1.29 is 19.5 Å². The van der Waals surface area contributed by atoms with Crippen molar-refractivity contribution in [3.63, 3.8) is 0 Å². The molecular weight excluding hydrogens is 1070 g/mol. The van der Waals surface area contributed by atoms with E-state index < -0.39 is 16.1 Å². The van der Waals surface area contributed by atoms with E-state index in [0.29, 0.717) is 33.2 Å². The standard InChI is InChI=1S/C74H84N4Si2.Zn/c1-47(2)79(48(3)4,49(5)6)45-43-53-19-23-55(24-20-53)69-61-35-36-62(75-61)70(56-25-21-54(22-26-56)44-46-80(50(7)8,51(9)10)52(11)12)64-38-40-66(77-64)72(58-29-33-60(34-30-58)74(16,17)18)68-42-41-67(78-68)71(65-39-37-63(69)76-65)57-27-31-59(32-28-57)73(13,14)15;/h19-42,47-52H,1-18H3;/q-2;+2. The SMILES string of the molecule is CC(C)[Si](C#Cc1ccc(-c2c3nc(c(-c4ccc(C#C[Si](C(C)C)(C(C)C)C(C)C)cc4)c4ccc([n-]4)c(-c4ccc(C(C)(C)C)cc4)c4nc(c(-c5ccc(C(C)(C)C)cc5)c5ccc2[n-]5)C=C4)C=C3)cc1)(C(C)C)C(C)C.[Zn+2]. The Morgan fingerprint density at radius 3 is 0.765 bits per heavy atom. The van der Waals surface area contributed by atoms with E-state index in [-0.39, 0.29) is 30.3 Å². The molecule has 5 heterocycles. The van der Waals surface area contributed by atoms with E-state index in [1.165, 1.54) is 11.1 Å². The number of benzene rings is 4. The van der Waals surface area contributed by atoms with Gasteiger partial charge in [-0.3, -0.25) is 0 Å². The van der Waals surface area contributed by atoms with Crippen molar-refractivity contribution in [2.45, 2.75) is 169 Å². The van der Waals surface area contributed by atoms with Crippen LogP contribution in [0.5, 0.6) is 0 Å². The molecule has 0 unspecified atom stereocenters. The fourth-order valence-corrected chi connectivity index (χ4v) is 23.7. The monoisotopic (exact) mass is 1150 g/mol. The molecular formula is C74H84N4Si2Zn. The Balaban J connectivity index is 0.00000860. The summed E-state index contributed by atoms with van der Waals surface area (Å²) in [5.41, 5.74) is 30.5. The van der Waals surface area contributed by atoms with Gasteiger partial charge in [0.1, 0.15) is 16.1 Å². The van der Waals surface area contributed by atoms with Crippen LogP contribution in [0.25, 0.3) is 90.9 Å². The zero-order valence-corrected chi connectivity index (χ0v) is 56.8. The van der Waals surface area contributed by atoms with E-state index in [9.17, 15) is 0 Å². The number of fused-ring (bicyclic) bond motifs is 8. The molecule has 7 aromatic rings. The van der Waals surface area contributed by atoms with Crippen LogP contribution in [0.2, 0.25) is 33.2 Å². The van der Waals surface area contributed by atoms with Gasteiger partial charge in [0.05, 0.1) is 22.8 Å². The van der Waals surface area contributed by atoms with Crippen LogP contribution < -0.4 is 9.97 Å². The van der Waals surface area contributed by atoms with Crippen molar-refractivity contribution in [3.05, 3.63) is 166 Å². The van der Waals surface area contributed by atoms with Crippen molar-refractivity contribution in [1.29, 1.82) is 0 Å². The third-order valence-corrected chi connectivity index (χ3v) is 30.2. The molecule has 2 aliphatic heterocycles. The molecule has 2 aliphatic rings. The van der Waals surface area contributed by atoms with E-state index in [2.05, 4.69) is 293 Å². The van der Waals surface area contributed by atoms with Gasteiger partial charge in [0, 0.05) is 11.1 Å². The van der Waals surface area contributed by atoms with Crippen molar-refractivity contribution >= 4 is 62.5 Å². The van der Waals surface area contributed by atoms with Gasteiger partial charge in [-0.1, -0.05) is 234 Å². The average molecular weight is 1150 g/mol. The first-order valence-corrected chi connectivity index (χ1v) is 33.8. The van der Waals surface area contributed by atoms with Crippen molar-refractivity contribution in [2.75, 3.05) is 0 Å². The Morgan fingerprint density at radius 2 is 0.556 bits per heavy atom. The second-order valence-corrected chi connectivity index (χ2v) is 37.6. The fourth-order valence-electron chi connectivity index (χ4n) is 13.2. The second kappa shape index (κ2) is 23.9. The number of aromatic nitrogens is 4. The summed E-state index contributed by atoms with van der Waals surface area (Å²) >= 11 is 0. The maximum Gasteiger partial charge on any atom is 2.00 e. The van der Waals surface area contributed by atoms with Gasteiger partial charge in [-0.05, 0) is 148 Å². The summed E-state index contributed by atoms with van der Waals surface area (Å²) in [5.74, 6) is 7.40. The summed E-state index contributed by atoms with van der Waals surface area (Å²) in [5, 5.41) is 0. The van der Waals surface area contributed by atoms with Gasteiger partial charge in [0.25, 0.3) is 0 Å². The minimum atomic E-state index is -1.95. The molecule has 0 saturated carbocycles. The molecule has 0 aliphatic carbocycles. The van der Waals surface area contributed by atoms with E-state index in [4.69, 9.17) is 19.9 Å². The number of hydrogen-bond acceptors (Lipinski definition) is 2. The summed E-state index contributed by atoms with van der Waals surface area (Å²) in [7, 11) is -3.89. The zero-order valence-electron chi connectivity index (χ0n) is 51.8. The van der Waals surface area contributed by atoms with Gasteiger partial charge in [-0.2, -0.15) is 0 Å². The molecule has 0 amide bonds. The summed E-state index contributed by atoms with van der Waals surface area (Å²) in [6.45, 7) is 42.0. The smallest absolute Gasteiger partial charge is 0.657 e. The number of hydrogen-bond donors (Lipinski definition) is 0. The van der Waals surface area contributed by atoms with E-state index in [1.807, 2.05) is 0 Å². The van der Waals surface area contributed by atoms with Crippen LogP contribution in [-0.4, -0.2) is 26.1 Å². The molecule has 3 aromatic heterocycles. The molecule has 0 N–H and O–H groups in total. The van der Waals surface area contributed by atoms with E-state index >= 15 is 0 Å². The second-order valence-electron chi connectivity index (χ2n) is 26.5. The van der Waals surface area contributed by atoms with Gasteiger partial charge in [0.2, 0.25) is 0 Å². The topological polar surface area (TPSA) is 54.0 Å². The van der Waals surface area contributed by atoms with Crippen LogP contribution in [0.4, 0.5) is 0 Å². The third-order valence-electron chi connectivity index (χ3n) is 17.6. The minimum Gasteiger partial charge on any atom is -0.657 e. The Bertz CT molecular complexity index is 3500. The van der Waals surface area contributed by atoms with Crippen molar-refractivity contribution in [1.82, 2.24) is 19.9 Å². The molecule has 4 aromatic carbocycles. The quantitative estimate of drug-likeness (QED) is 0.101. The maximum atomic E-state index is 5.63. The normalized spacial score (nSPS) is 12.8. The van der Waals surface area contributed by atoms with Crippen molar-refractivity contribution in [2.24, 2.45) is 0 Å². The molecule has 0 atom stereocenters. The summed E-state index contributed by atoms with van der Waals surface area (Å²) in [6, 6.07) is 44.1. The Labute approximate surface area is 501 Å². The van der Waals surface area contributed by atoms with Gasteiger partial charge in [-0.25, -0.2) is 9.97 Å². The predicted molar refractivity (Wildman–Crippen MR) is 352 cm³/mol. The summed E-state index contributed by atoms with van der Waals surface area (Å²) in [4.78, 5) is 22.4. The van der Waals surface area contributed by atoms with Crippen LogP contribution >= 0.6 is 0 Å². The molecule has 4 nitrogen and oxygen atoms in total. The van der Waals surface area contributed by atoms with Gasteiger partial charge >= 0.3 is 19.5 Å². The van der Waals surface area contributed by atoms with Crippen LogP contribution in [-0.2, 0) is 30.3 Å². The van der Waals surface area contributed by atoms with E-state index in [1.54, 1.807) is 0 Å². The number of rotatable bonds is 10. The molecule has 0 radical (unpaired) electrons. The van der Waals surface area contributed by atoms with Gasteiger partial charge < -0.3 is 9.97 Å². The molecule has 410 valence electrons. The first-order valence-electron chi connectivity index (χ1n) is 29.4. The Kier molecular flexibility index (Phi) is 17.9. The summed E-state index contributed by atoms with van der Waals surface area (Å²) < 4.78 is 0. The van der Waals surface area contributed by atoms with Gasteiger partial charge in [-0.15, -0.1) is 33.2 Å². The molecule has 9 rings (SSSR count).